The van der Waals surface area contributed by atoms with Crippen molar-refractivity contribution in [2.24, 2.45) is 5.92 Å². The standard InChI is InChI=1S/C15H26N4O2/c1-4-7-19-14(5-6-16-19)15(20)18-8-9-21-12-13(11-18)10-17(2)3/h5-6,13H,4,7-12H2,1-3H3. The van der Waals surface area contributed by atoms with Crippen LogP contribution in [0.3, 0.4) is 0 Å². The highest BCUT2D eigenvalue weighted by atomic mass is 16.5. The zero-order valence-corrected chi connectivity index (χ0v) is 13.3. The van der Waals surface area contributed by atoms with Crippen molar-refractivity contribution in [2.45, 2.75) is 19.9 Å². The summed E-state index contributed by atoms with van der Waals surface area (Å²) >= 11 is 0. The summed E-state index contributed by atoms with van der Waals surface area (Å²) in [6.07, 6.45) is 2.67. The Morgan fingerprint density at radius 1 is 1.52 bits per heavy atom. The molecule has 1 aromatic heterocycles. The van der Waals surface area contributed by atoms with Gasteiger partial charge in [-0.15, -0.1) is 0 Å². The van der Waals surface area contributed by atoms with E-state index in [1.807, 2.05) is 25.1 Å². The van der Waals surface area contributed by atoms with E-state index in [-0.39, 0.29) is 5.91 Å². The summed E-state index contributed by atoms with van der Waals surface area (Å²) in [4.78, 5) is 16.8. The molecule has 0 spiro atoms. The van der Waals surface area contributed by atoms with E-state index in [0.717, 1.165) is 32.7 Å². The van der Waals surface area contributed by atoms with E-state index in [2.05, 4.69) is 16.9 Å². The van der Waals surface area contributed by atoms with Gasteiger partial charge in [-0.05, 0) is 26.6 Å². The molecular weight excluding hydrogens is 268 g/mol. The molecule has 1 saturated heterocycles. The number of carbonyl (C=O) groups is 1. The molecule has 1 aliphatic rings. The van der Waals surface area contributed by atoms with Crippen LogP contribution in [-0.2, 0) is 11.3 Å². The van der Waals surface area contributed by atoms with E-state index in [1.165, 1.54) is 0 Å². The molecule has 118 valence electrons. The second-order valence-electron chi connectivity index (χ2n) is 5.89. The number of carbonyl (C=O) groups excluding carboxylic acids is 1. The highest BCUT2D eigenvalue weighted by molar-refractivity contribution is 5.92. The van der Waals surface area contributed by atoms with Gasteiger partial charge in [0.25, 0.3) is 5.91 Å². The maximum Gasteiger partial charge on any atom is 0.272 e. The van der Waals surface area contributed by atoms with Gasteiger partial charge in [-0.3, -0.25) is 9.48 Å². The van der Waals surface area contributed by atoms with E-state index < -0.39 is 0 Å². The van der Waals surface area contributed by atoms with Crippen molar-refractivity contribution in [3.05, 3.63) is 18.0 Å². The quantitative estimate of drug-likeness (QED) is 0.811. The molecule has 6 heteroatoms. The third kappa shape index (κ3) is 4.28. The normalized spacial score (nSPS) is 19.8. The van der Waals surface area contributed by atoms with Gasteiger partial charge in [-0.2, -0.15) is 5.10 Å². The van der Waals surface area contributed by atoms with Crippen molar-refractivity contribution < 1.29 is 9.53 Å². The van der Waals surface area contributed by atoms with Gasteiger partial charge < -0.3 is 14.5 Å². The van der Waals surface area contributed by atoms with Crippen molar-refractivity contribution in [2.75, 3.05) is 46.9 Å². The number of rotatable bonds is 5. The molecule has 1 amide bonds. The Morgan fingerprint density at radius 3 is 3.05 bits per heavy atom. The van der Waals surface area contributed by atoms with Crippen LogP contribution in [0, 0.1) is 5.92 Å². The van der Waals surface area contributed by atoms with Crippen LogP contribution >= 0.6 is 0 Å². The molecule has 2 heterocycles. The maximum absolute atomic E-state index is 12.7. The molecule has 1 unspecified atom stereocenters. The number of hydrogen-bond donors (Lipinski definition) is 0. The summed E-state index contributed by atoms with van der Waals surface area (Å²) in [6.45, 7) is 6.52. The predicted octanol–water partition coefficient (Wildman–Crippen LogP) is 0.943. The number of nitrogens with zero attached hydrogens (tertiary/aromatic N) is 4. The van der Waals surface area contributed by atoms with Crippen LogP contribution in [0.15, 0.2) is 12.3 Å². The second-order valence-corrected chi connectivity index (χ2v) is 5.89. The summed E-state index contributed by atoms with van der Waals surface area (Å²) in [5.41, 5.74) is 0.683. The minimum absolute atomic E-state index is 0.0650. The predicted molar refractivity (Wildman–Crippen MR) is 81.3 cm³/mol. The summed E-state index contributed by atoms with van der Waals surface area (Å²) in [5, 5.41) is 4.24. The molecule has 6 nitrogen and oxygen atoms in total. The molecule has 0 N–H and O–H groups in total. The Balaban J connectivity index is 2.07. The van der Waals surface area contributed by atoms with E-state index in [9.17, 15) is 4.79 Å². The molecule has 0 radical (unpaired) electrons. The third-order valence-corrected chi connectivity index (χ3v) is 3.62. The van der Waals surface area contributed by atoms with Gasteiger partial charge in [0.1, 0.15) is 5.69 Å². The van der Waals surface area contributed by atoms with Gasteiger partial charge in [0.05, 0.1) is 13.2 Å². The lowest BCUT2D eigenvalue weighted by Gasteiger charge is -2.25. The lowest BCUT2D eigenvalue weighted by Crippen LogP contribution is -2.39. The van der Waals surface area contributed by atoms with Crippen LogP contribution in [0.2, 0.25) is 0 Å². The number of ether oxygens (including phenoxy) is 1. The van der Waals surface area contributed by atoms with Crippen molar-refractivity contribution in [3.8, 4) is 0 Å². The first-order valence-corrected chi connectivity index (χ1v) is 7.65. The topological polar surface area (TPSA) is 50.6 Å². The Hall–Kier alpha value is -1.40. The smallest absolute Gasteiger partial charge is 0.272 e. The maximum atomic E-state index is 12.7. The number of amides is 1. The largest absolute Gasteiger partial charge is 0.379 e. The fraction of sp³-hybridized carbons (Fsp3) is 0.733. The van der Waals surface area contributed by atoms with Crippen molar-refractivity contribution in [3.63, 3.8) is 0 Å². The average Bonchev–Trinajstić information content (AvgIpc) is 2.76. The van der Waals surface area contributed by atoms with Crippen LogP contribution in [0.4, 0.5) is 0 Å². The fourth-order valence-corrected chi connectivity index (χ4v) is 2.76. The second kappa shape index (κ2) is 7.56. The summed E-state index contributed by atoms with van der Waals surface area (Å²) < 4.78 is 7.44. The van der Waals surface area contributed by atoms with Crippen LogP contribution in [0.5, 0.6) is 0 Å². The Labute approximate surface area is 126 Å². The van der Waals surface area contributed by atoms with Crippen molar-refractivity contribution in [1.82, 2.24) is 19.6 Å². The van der Waals surface area contributed by atoms with Gasteiger partial charge in [-0.25, -0.2) is 0 Å². The van der Waals surface area contributed by atoms with Gasteiger partial charge >= 0.3 is 0 Å². The molecule has 1 aromatic rings. The molecule has 0 saturated carbocycles. The van der Waals surface area contributed by atoms with Gasteiger partial charge in [0, 0.05) is 38.3 Å². The van der Waals surface area contributed by atoms with E-state index >= 15 is 0 Å². The summed E-state index contributed by atoms with van der Waals surface area (Å²) in [7, 11) is 4.10. The van der Waals surface area contributed by atoms with Crippen LogP contribution < -0.4 is 0 Å². The average molecular weight is 294 g/mol. The van der Waals surface area contributed by atoms with Gasteiger partial charge in [-0.1, -0.05) is 6.92 Å². The molecule has 1 fully saturated rings. The molecule has 21 heavy (non-hydrogen) atoms. The van der Waals surface area contributed by atoms with E-state index in [0.29, 0.717) is 24.8 Å². The van der Waals surface area contributed by atoms with Crippen molar-refractivity contribution in [1.29, 1.82) is 0 Å². The first kappa shape index (κ1) is 16.0. The fourth-order valence-electron chi connectivity index (χ4n) is 2.76. The zero-order chi connectivity index (χ0) is 15.2. The molecule has 1 atom stereocenters. The van der Waals surface area contributed by atoms with Crippen LogP contribution in [0.1, 0.15) is 23.8 Å². The highest BCUT2D eigenvalue weighted by Gasteiger charge is 2.25. The van der Waals surface area contributed by atoms with Crippen LogP contribution in [-0.4, -0.2) is 72.4 Å². The molecule has 0 aromatic carbocycles. The van der Waals surface area contributed by atoms with Crippen LogP contribution in [0.25, 0.3) is 0 Å². The monoisotopic (exact) mass is 294 g/mol. The minimum atomic E-state index is 0.0650. The zero-order valence-electron chi connectivity index (χ0n) is 13.3. The summed E-state index contributed by atoms with van der Waals surface area (Å²) in [6, 6.07) is 1.81. The third-order valence-electron chi connectivity index (χ3n) is 3.62. The number of hydrogen-bond acceptors (Lipinski definition) is 4. The first-order valence-electron chi connectivity index (χ1n) is 7.65. The lowest BCUT2D eigenvalue weighted by atomic mass is 10.1. The molecule has 0 aliphatic carbocycles. The Kier molecular flexibility index (Phi) is 5.76. The molecule has 2 rings (SSSR count). The van der Waals surface area contributed by atoms with Gasteiger partial charge in [0.2, 0.25) is 0 Å². The minimum Gasteiger partial charge on any atom is -0.379 e. The van der Waals surface area contributed by atoms with Gasteiger partial charge in [0.15, 0.2) is 0 Å². The Bertz CT molecular complexity index is 458. The SMILES string of the molecule is CCCn1nccc1C(=O)N1CCOCC(CN(C)C)C1. The number of aromatic nitrogens is 2. The first-order chi connectivity index (χ1) is 10.1. The highest BCUT2D eigenvalue weighted by Crippen LogP contribution is 2.12. The molecule has 0 bridgehead atoms. The summed E-state index contributed by atoms with van der Waals surface area (Å²) in [5.74, 6) is 0.421. The van der Waals surface area contributed by atoms with E-state index in [1.54, 1.807) is 10.9 Å². The number of aryl methyl sites for hydroxylation is 1. The molecule has 1 aliphatic heterocycles. The lowest BCUT2D eigenvalue weighted by molar-refractivity contribution is 0.0722. The van der Waals surface area contributed by atoms with E-state index in [4.69, 9.17) is 4.74 Å². The Morgan fingerprint density at radius 2 is 2.33 bits per heavy atom. The van der Waals surface area contributed by atoms with Crippen molar-refractivity contribution >= 4 is 5.91 Å². The molecular formula is C15H26N4O2.